The standard InChI is InChI=1S/C11H10ClN/c1-8-3-2-4-9(10(8)12)11(7-13)5-6-11/h2-4H,5-6H2,1H3. The molecule has 0 atom stereocenters. The van der Waals surface area contributed by atoms with Gasteiger partial charge in [0.1, 0.15) is 0 Å². The summed E-state index contributed by atoms with van der Waals surface area (Å²) in [6.07, 6.45) is 1.90. The van der Waals surface area contributed by atoms with Crippen molar-refractivity contribution in [1.82, 2.24) is 0 Å². The van der Waals surface area contributed by atoms with E-state index in [4.69, 9.17) is 16.9 Å². The number of aryl methyl sites for hydroxylation is 1. The van der Waals surface area contributed by atoms with Crippen LogP contribution >= 0.6 is 11.6 Å². The predicted octanol–water partition coefficient (Wildman–Crippen LogP) is 3.20. The van der Waals surface area contributed by atoms with Gasteiger partial charge in [-0.3, -0.25) is 0 Å². The highest BCUT2D eigenvalue weighted by Gasteiger charge is 2.46. The van der Waals surface area contributed by atoms with Crippen LogP contribution in [-0.4, -0.2) is 0 Å². The molecule has 0 spiro atoms. The van der Waals surface area contributed by atoms with Crippen molar-refractivity contribution >= 4 is 11.6 Å². The summed E-state index contributed by atoms with van der Waals surface area (Å²) in [5.41, 5.74) is 1.81. The van der Waals surface area contributed by atoms with E-state index in [1.807, 2.05) is 25.1 Å². The van der Waals surface area contributed by atoms with Gasteiger partial charge in [-0.15, -0.1) is 0 Å². The van der Waals surface area contributed by atoms with Crippen molar-refractivity contribution in [1.29, 1.82) is 5.26 Å². The topological polar surface area (TPSA) is 23.8 Å². The molecular formula is C11H10ClN. The van der Waals surface area contributed by atoms with Crippen LogP contribution in [0.3, 0.4) is 0 Å². The van der Waals surface area contributed by atoms with Crippen molar-refractivity contribution < 1.29 is 0 Å². The Morgan fingerprint density at radius 2 is 2.15 bits per heavy atom. The van der Waals surface area contributed by atoms with Gasteiger partial charge in [0.15, 0.2) is 0 Å². The fourth-order valence-electron chi connectivity index (χ4n) is 1.58. The van der Waals surface area contributed by atoms with E-state index in [1.165, 1.54) is 0 Å². The minimum atomic E-state index is -0.261. The Morgan fingerprint density at radius 3 is 2.69 bits per heavy atom. The number of rotatable bonds is 1. The molecule has 0 heterocycles. The molecule has 0 saturated heterocycles. The maximum atomic E-state index is 9.02. The van der Waals surface area contributed by atoms with Crippen LogP contribution in [0.15, 0.2) is 18.2 Å². The molecule has 1 nitrogen and oxygen atoms in total. The Balaban J connectivity index is 2.54. The van der Waals surface area contributed by atoms with E-state index in [-0.39, 0.29) is 5.41 Å². The Hall–Kier alpha value is -1.00. The fourth-order valence-corrected chi connectivity index (χ4v) is 1.89. The van der Waals surface area contributed by atoms with Gasteiger partial charge in [-0.2, -0.15) is 5.26 Å². The minimum Gasteiger partial charge on any atom is -0.197 e. The number of nitrogens with zero attached hydrogens (tertiary/aromatic N) is 1. The van der Waals surface area contributed by atoms with Crippen LogP contribution < -0.4 is 0 Å². The molecule has 0 radical (unpaired) electrons. The number of hydrogen-bond acceptors (Lipinski definition) is 1. The SMILES string of the molecule is Cc1cccc(C2(C#N)CC2)c1Cl. The van der Waals surface area contributed by atoms with Crippen LogP contribution in [-0.2, 0) is 5.41 Å². The zero-order valence-corrected chi connectivity index (χ0v) is 8.23. The van der Waals surface area contributed by atoms with Crippen molar-refractivity contribution in [3.05, 3.63) is 34.3 Å². The van der Waals surface area contributed by atoms with Gasteiger partial charge in [0.25, 0.3) is 0 Å². The first-order valence-electron chi connectivity index (χ1n) is 4.36. The molecule has 13 heavy (non-hydrogen) atoms. The van der Waals surface area contributed by atoms with Crippen LogP contribution in [0.5, 0.6) is 0 Å². The van der Waals surface area contributed by atoms with Crippen molar-refractivity contribution in [2.45, 2.75) is 25.2 Å². The van der Waals surface area contributed by atoms with E-state index in [0.717, 1.165) is 29.0 Å². The van der Waals surface area contributed by atoms with Gasteiger partial charge in [-0.1, -0.05) is 29.8 Å². The average Bonchev–Trinajstić information content (AvgIpc) is 2.90. The van der Waals surface area contributed by atoms with Crippen molar-refractivity contribution in [3.63, 3.8) is 0 Å². The third-order valence-electron chi connectivity index (χ3n) is 2.67. The summed E-state index contributed by atoms with van der Waals surface area (Å²) in [5, 5.41) is 9.78. The maximum absolute atomic E-state index is 9.02. The average molecular weight is 192 g/mol. The summed E-state index contributed by atoms with van der Waals surface area (Å²) in [6, 6.07) is 8.25. The first-order chi connectivity index (χ1) is 6.19. The lowest BCUT2D eigenvalue weighted by molar-refractivity contribution is 0.906. The zero-order valence-electron chi connectivity index (χ0n) is 7.47. The van der Waals surface area contributed by atoms with E-state index in [1.54, 1.807) is 0 Å². The van der Waals surface area contributed by atoms with E-state index in [9.17, 15) is 0 Å². The molecule has 0 bridgehead atoms. The predicted molar refractivity (Wildman–Crippen MR) is 52.7 cm³/mol. The Morgan fingerprint density at radius 1 is 1.46 bits per heavy atom. The minimum absolute atomic E-state index is 0.261. The fraction of sp³-hybridized carbons (Fsp3) is 0.364. The van der Waals surface area contributed by atoms with Crippen molar-refractivity contribution in [2.75, 3.05) is 0 Å². The molecule has 2 heteroatoms. The normalized spacial score (nSPS) is 17.9. The van der Waals surface area contributed by atoms with Crippen LogP contribution in [0, 0.1) is 18.3 Å². The second-order valence-corrected chi connectivity index (χ2v) is 4.01. The first kappa shape index (κ1) is 8.59. The van der Waals surface area contributed by atoms with Crippen LogP contribution in [0.1, 0.15) is 24.0 Å². The second-order valence-electron chi connectivity index (χ2n) is 3.63. The quantitative estimate of drug-likeness (QED) is 0.669. The Bertz CT molecular complexity index is 386. The highest BCUT2D eigenvalue weighted by atomic mass is 35.5. The smallest absolute Gasteiger partial charge is 0.0838 e. The summed E-state index contributed by atoms with van der Waals surface area (Å²) >= 11 is 6.15. The molecular weight excluding hydrogens is 182 g/mol. The molecule has 1 aromatic carbocycles. The van der Waals surface area contributed by atoms with Gasteiger partial charge in [0.2, 0.25) is 0 Å². The highest BCUT2D eigenvalue weighted by Crippen LogP contribution is 2.50. The molecule has 2 rings (SSSR count). The van der Waals surface area contributed by atoms with Crippen molar-refractivity contribution in [3.8, 4) is 6.07 Å². The molecule has 1 aliphatic rings. The maximum Gasteiger partial charge on any atom is 0.0838 e. The van der Waals surface area contributed by atoms with Gasteiger partial charge in [-0.25, -0.2) is 0 Å². The molecule has 0 amide bonds. The van der Waals surface area contributed by atoms with Gasteiger partial charge < -0.3 is 0 Å². The Kier molecular flexibility index (Phi) is 1.82. The first-order valence-corrected chi connectivity index (χ1v) is 4.74. The van der Waals surface area contributed by atoms with Gasteiger partial charge in [0.05, 0.1) is 11.5 Å². The van der Waals surface area contributed by atoms with E-state index in [0.29, 0.717) is 0 Å². The Labute approximate surface area is 82.9 Å². The lowest BCUT2D eigenvalue weighted by atomic mass is 9.96. The zero-order chi connectivity index (χ0) is 9.47. The lowest BCUT2D eigenvalue weighted by Crippen LogP contribution is -2.03. The number of nitriles is 1. The molecule has 66 valence electrons. The van der Waals surface area contributed by atoms with Crippen LogP contribution in [0.4, 0.5) is 0 Å². The summed E-state index contributed by atoms with van der Waals surface area (Å²) in [6.45, 7) is 1.97. The lowest BCUT2D eigenvalue weighted by Gasteiger charge is -2.09. The molecule has 1 aliphatic carbocycles. The van der Waals surface area contributed by atoms with Gasteiger partial charge in [0, 0.05) is 5.02 Å². The third kappa shape index (κ3) is 1.22. The van der Waals surface area contributed by atoms with E-state index in [2.05, 4.69) is 6.07 Å². The molecule has 0 aliphatic heterocycles. The monoisotopic (exact) mass is 191 g/mol. The summed E-state index contributed by atoms with van der Waals surface area (Å²) in [4.78, 5) is 0. The molecule has 0 N–H and O–H groups in total. The number of hydrogen-bond donors (Lipinski definition) is 0. The summed E-state index contributed by atoms with van der Waals surface area (Å²) in [5.74, 6) is 0. The molecule has 1 saturated carbocycles. The van der Waals surface area contributed by atoms with Gasteiger partial charge >= 0.3 is 0 Å². The van der Waals surface area contributed by atoms with E-state index < -0.39 is 0 Å². The number of halogens is 1. The molecule has 0 unspecified atom stereocenters. The van der Waals surface area contributed by atoms with E-state index >= 15 is 0 Å². The van der Waals surface area contributed by atoms with Crippen LogP contribution in [0.2, 0.25) is 5.02 Å². The summed E-state index contributed by atoms with van der Waals surface area (Å²) < 4.78 is 0. The largest absolute Gasteiger partial charge is 0.197 e. The molecule has 0 aromatic heterocycles. The third-order valence-corrected chi connectivity index (χ3v) is 3.17. The summed E-state index contributed by atoms with van der Waals surface area (Å²) in [7, 11) is 0. The molecule has 1 aromatic rings. The van der Waals surface area contributed by atoms with Crippen LogP contribution in [0.25, 0.3) is 0 Å². The second kappa shape index (κ2) is 2.75. The molecule has 1 fully saturated rings. The van der Waals surface area contributed by atoms with Crippen molar-refractivity contribution in [2.24, 2.45) is 0 Å². The number of benzene rings is 1. The highest BCUT2D eigenvalue weighted by molar-refractivity contribution is 6.32. The van der Waals surface area contributed by atoms with Gasteiger partial charge in [-0.05, 0) is 30.9 Å².